The van der Waals surface area contributed by atoms with Gasteiger partial charge in [0, 0.05) is 16.7 Å². The lowest BCUT2D eigenvalue weighted by Gasteiger charge is -2.17. The second-order valence-corrected chi connectivity index (χ2v) is 17.0. The number of fused-ring (bicyclic) bond motifs is 2. The predicted molar refractivity (Wildman–Crippen MR) is 273 cm³/mol. The van der Waals surface area contributed by atoms with Gasteiger partial charge < -0.3 is 0 Å². The molecule has 0 bridgehead atoms. The van der Waals surface area contributed by atoms with Crippen LogP contribution in [0, 0.1) is 11.3 Å². The van der Waals surface area contributed by atoms with Crippen molar-refractivity contribution < 1.29 is 0 Å². The van der Waals surface area contributed by atoms with Gasteiger partial charge in [0.15, 0.2) is 17.5 Å². The molecule has 304 valence electrons. The quantitative estimate of drug-likeness (QED) is 0.157. The number of hydrogen-bond acceptors (Lipinski definition) is 4. The average Bonchev–Trinajstić information content (AvgIpc) is 3.39. The van der Waals surface area contributed by atoms with Gasteiger partial charge in [-0.3, -0.25) is 0 Å². The predicted octanol–water partition coefficient (Wildman–Crippen LogP) is 16.1. The van der Waals surface area contributed by atoms with Gasteiger partial charge in [0.25, 0.3) is 0 Å². The van der Waals surface area contributed by atoms with Gasteiger partial charge in [-0.25, -0.2) is 15.0 Å². The SMILES string of the molecule is N#Cc1ccc(-c2cccc(-c3nc(-c4ccccc4)nc(-c4ccccc4-c4ccc(-c5cc6ccc7cccc8c9cccc%10ccc%11cccc(c(c5)c6c78)c%11c%109)cc4)n3)c2)cc1. The van der Waals surface area contributed by atoms with Crippen LogP contribution in [0.1, 0.15) is 5.56 Å². The Labute approximate surface area is 380 Å². The molecule has 0 aliphatic rings. The van der Waals surface area contributed by atoms with Crippen molar-refractivity contribution in [2.75, 3.05) is 0 Å². The molecule has 0 radical (unpaired) electrons. The fourth-order valence-electron chi connectivity index (χ4n) is 10.1. The third-order valence-corrected chi connectivity index (χ3v) is 13.3. The van der Waals surface area contributed by atoms with Crippen LogP contribution in [0.2, 0.25) is 0 Å². The summed E-state index contributed by atoms with van der Waals surface area (Å²) in [5, 5.41) is 24.6. The summed E-state index contributed by atoms with van der Waals surface area (Å²) in [5.41, 5.74) is 9.78. The first-order valence-electron chi connectivity index (χ1n) is 22.2. The van der Waals surface area contributed by atoms with Crippen molar-refractivity contribution in [3.8, 4) is 73.6 Å². The van der Waals surface area contributed by atoms with Gasteiger partial charge in [0.2, 0.25) is 0 Å². The van der Waals surface area contributed by atoms with Crippen LogP contribution in [-0.2, 0) is 0 Å². The topological polar surface area (TPSA) is 62.5 Å². The lowest BCUT2D eigenvalue weighted by molar-refractivity contribution is 1.07. The average molecular weight is 837 g/mol. The summed E-state index contributed by atoms with van der Waals surface area (Å²) in [5.74, 6) is 1.79. The highest BCUT2D eigenvalue weighted by molar-refractivity contribution is 6.37. The van der Waals surface area contributed by atoms with Gasteiger partial charge in [-0.2, -0.15) is 5.26 Å². The summed E-state index contributed by atoms with van der Waals surface area (Å²) in [6.45, 7) is 0. The Bertz CT molecular complexity index is 4090. The lowest BCUT2D eigenvalue weighted by Crippen LogP contribution is -2.01. The van der Waals surface area contributed by atoms with E-state index >= 15 is 0 Å². The van der Waals surface area contributed by atoms with E-state index < -0.39 is 0 Å². The monoisotopic (exact) mass is 836 g/mol. The maximum atomic E-state index is 9.37. The zero-order valence-electron chi connectivity index (χ0n) is 35.6. The molecular formula is C62H36N4. The van der Waals surface area contributed by atoms with Crippen molar-refractivity contribution in [1.82, 2.24) is 15.0 Å². The maximum Gasteiger partial charge on any atom is 0.164 e. The van der Waals surface area contributed by atoms with E-state index in [0.29, 0.717) is 23.0 Å². The zero-order chi connectivity index (χ0) is 43.7. The van der Waals surface area contributed by atoms with E-state index in [4.69, 9.17) is 15.0 Å². The van der Waals surface area contributed by atoms with Gasteiger partial charge in [-0.15, -0.1) is 0 Å². The zero-order valence-corrected chi connectivity index (χ0v) is 35.6. The van der Waals surface area contributed by atoms with Crippen LogP contribution < -0.4 is 0 Å². The molecule has 0 unspecified atom stereocenters. The second kappa shape index (κ2) is 15.1. The molecule has 0 amide bonds. The van der Waals surface area contributed by atoms with Crippen molar-refractivity contribution in [2.45, 2.75) is 0 Å². The van der Waals surface area contributed by atoms with Crippen molar-refractivity contribution in [3.05, 3.63) is 224 Å². The molecule has 0 aliphatic carbocycles. The first kappa shape index (κ1) is 37.5. The summed E-state index contributed by atoms with van der Waals surface area (Å²) in [6, 6.07) is 79.6. The Morgan fingerprint density at radius 1 is 0.273 bits per heavy atom. The van der Waals surface area contributed by atoms with E-state index in [1.807, 2.05) is 72.8 Å². The molecular weight excluding hydrogens is 801 g/mol. The summed E-state index contributed by atoms with van der Waals surface area (Å²) in [4.78, 5) is 15.4. The van der Waals surface area contributed by atoms with E-state index in [-0.39, 0.29) is 0 Å². The van der Waals surface area contributed by atoms with E-state index in [1.165, 1.54) is 70.2 Å². The number of benzene rings is 11. The molecule has 1 heterocycles. The highest BCUT2D eigenvalue weighted by atomic mass is 15.0. The van der Waals surface area contributed by atoms with E-state index in [9.17, 15) is 5.26 Å². The molecule has 13 rings (SSSR count). The minimum absolute atomic E-state index is 0.585. The van der Waals surface area contributed by atoms with Gasteiger partial charge in [-0.1, -0.05) is 188 Å². The molecule has 4 heteroatoms. The molecule has 0 saturated heterocycles. The maximum absolute atomic E-state index is 9.37. The van der Waals surface area contributed by atoms with E-state index in [1.54, 1.807) is 0 Å². The van der Waals surface area contributed by atoms with Crippen LogP contribution in [0.25, 0.3) is 132 Å². The standard InChI is InChI=1S/C62H36N4/c63-37-38-22-24-39(25-23-38)46-15-6-16-48(34-46)61-64-60(45-10-2-1-3-11-45)65-62(66-61)54-18-5-4-17-50(54)41-28-26-40(27-29-41)49-35-47-33-32-44-13-8-20-52-51-19-7-12-42-30-31-43-14-9-21-53(58(43)56(42)51)55(36-49)59(47)57(44)52/h1-36H. The molecule has 4 nitrogen and oxygen atoms in total. The van der Waals surface area contributed by atoms with Crippen LogP contribution in [0.4, 0.5) is 0 Å². The van der Waals surface area contributed by atoms with Gasteiger partial charge in [0.05, 0.1) is 11.6 Å². The van der Waals surface area contributed by atoms with Crippen molar-refractivity contribution >= 4 is 64.6 Å². The molecule has 12 aromatic carbocycles. The van der Waals surface area contributed by atoms with E-state index in [2.05, 4.69) is 152 Å². The van der Waals surface area contributed by atoms with Crippen molar-refractivity contribution in [3.63, 3.8) is 0 Å². The summed E-state index contributed by atoms with van der Waals surface area (Å²) in [6.07, 6.45) is 0. The number of hydrogen-bond donors (Lipinski definition) is 0. The molecule has 0 N–H and O–H groups in total. The number of aromatic nitrogens is 3. The molecule has 0 spiro atoms. The lowest BCUT2D eigenvalue weighted by atomic mass is 9.86. The van der Waals surface area contributed by atoms with Crippen LogP contribution in [0.15, 0.2) is 218 Å². The Balaban J connectivity index is 0.952. The number of rotatable bonds is 6. The largest absolute Gasteiger partial charge is 0.208 e. The van der Waals surface area contributed by atoms with Gasteiger partial charge in [0.1, 0.15) is 0 Å². The smallest absolute Gasteiger partial charge is 0.164 e. The molecule has 1 aromatic heterocycles. The fraction of sp³-hybridized carbons (Fsp3) is 0. The number of nitrogens with zero attached hydrogens (tertiary/aromatic N) is 4. The third kappa shape index (κ3) is 6.10. The molecule has 0 saturated carbocycles. The van der Waals surface area contributed by atoms with Crippen LogP contribution in [0.5, 0.6) is 0 Å². The van der Waals surface area contributed by atoms with Gasteiger partial charge >= 0.3 is 0 Å². The third-order valence-electron chi connectivity index (χ3n) is 13.3. The highest BCUT2D eigenvalue weighted by Crippen LogP contribution is 2.45. The number of nitriles is 1. The minimum Gasteiger partial charge on any atom is -0.208 e. The highest BCUT2D eigenvalue weighted by Gasteiger charge is 2.19. The van der Waals surface area contributed by atoms with Crippen LogP contribution >= 0.6 is 0 Å². The summed E-state index contributed by atoms with van der Waals surface area (Å²) >= 11 is 0. The summed E-state index contributed by atoms with van der Waals surface area (Å²) in [7, 11) is 0. The normalized spacial score (nSPS) is 11.6. The fourth-order valence-corrected chi connectivity index (χ4v) is 10.1. The van der Waals surface area contributed by atoms with Gasteiger partial charge in [-0.05, 0) is 128 Å². The Hall–Kier alpha value is -9.04. The molecule has 13 aromatic rings. The molecule has 66 heavy (non-hydrogen) atoms. The van der Waals surface area contributed by atoms with Crippen molar-refractivity contribution in [2.24, 2.45) is 0 Å². The Morgan fingerprint density at radius 2 is 0.742 bits per heavy atom. The van der Waals surface area contributed by atoms with Crippen molar-refractivity contribution in [1.29, 1.82) is 5.26 Å². The first-order chi connectivity index (χ1) is 32.6. The summed E-state index contributed by atoms with van der Waals surface area (Å²) < 4.78 is 0. The first-order valence-corrected chi connectivity index (χ1v) is 22.2. The second-order valence-electron chi connectivity index (χ2n) is 17.0. The van der Waals surface area contributed by atoms with E-state index in [0.717, 1.165) is 44.5 Å². The van der Waals surface area contributed by atoms with Crippen LogP contribution in [-0.4, -0.2) is 15.0 Å². The molecule has 0 aliphatic heterocycles. The minimum atomic E-state index is 0.585. The molecule has 0 fully saturated rings. The molecule has 0 atom stereocenters. The Kier molecular flexibility index (Phi) is 8.56. The van der Waals surface area contributed by atoms with Crippen LogP contribution in [0.3, 0.4) is 0 Å². The Morgan fingerprint density at radius 3 is 1.39 bits per heavy atom.